The van der Waals surface area contributed by atoms with Gasteiger partial charge in [0.1, 0.15) is 5.75 Å². The van der Waals surface area contributed by atoms with E-state index in [-0.39, 0.29) is 0 Å². The Morgan fingerprint density at radius 3 is 2.75 bits per heavy atom. The number of benzene rings is 1. The molecule has 3 rings (SSSR count). The van der Waals surface area contributed by atoms with Crippen LogP contribution in [-0.2, 0) is 13.1 Å². The first kappa shape index (κ1) is 10.1. The first-order valence-corrected chi connectivity index (χ1v) is 5.91. The number of ether oxygens (including phenoxy) is 1. The normalized spacial score (nSPS) is 21.3. The van der Waals surface area contributed by atoms with Crippen molar-refractivity contribution >= 4 is 0 Å². The fraction of sp³-hybridized carbons (Fsp3) is 0.538. The van der Waals surface area contributed by atoms with Crippen LogP contribution in [0.25, 0.3) is 0 Å². The van der Waals surface area contributed by atoms with Crippen molar-refractivity contribution in [2.45, 2.75) is 20.0 Å². The maximum absolute atomic E-state index is 5.87. The summed E-state index contributed by atoms with van der Waals surface area (Å²) in [6.45, 7) is 7.19. The van der Waals surface area contributed by atoms with Crippen LogP contribution in [0.1, 0.15) is 18.1 Å². The van der Waals surface area contributed by atoms with E-state index in [1.165, 1.54) is 11.1 Å². The molecular weight excluding hydrogens is 200 g/mol. The Morgan fingerprint density at radius 1 is 1.19 bits per heavy atom. The summed E-state index contributed by atoms with van der Waals surface area (Å²) in [5, 5.41) is 6.63. The summed E-state index contributed by atoms with van der Waals surface area (Å²) < 4.78 is 5.87. The Balaban J connectivity index is 1.66. The highest BCUT2D eigenvalue weighted by atomic mass is 16.5. The monoisotopic (exact) mass is 218 g/mol. The number of nitrogens with one attached hydrogen (secondary N) is 2. The van der Waals surface area contributed by atoms with Gasteiger partial charge in [0.05, 0.1) is 6.61 Å². The van der Waals surface area contributed by atoms with Crippen LogP contribution < -0.4 is 15.4 Å². The van der Waals surface area contributed by atoms with E-state index in [0.29, 0.717) is 5.41 Å². The highest BCUT2D eigenvalue weighted by molar-refractivity contribution is 5.37. The maximum Gasteiger partial charge on any atom is 0.119 e. The Labute approximate surface area is 96.2 Å². The molecule has 0 aromatic heterocycles. The van der Waals surface area contributed by atoms with Gasteiger partial charge < -0.3 is 15.4 Å². The molecule has 1 fully saturated rings. The van der Waals surface area contributed by atoms with E-state index < -0.39 is 0 Å². The van der Waals surface area contributed by atoms with Crippen LogP contribution in [0.15, 0.2) is 18.2 Å². The van der Waals surface area contributed by atoms with E-state index in [1.807, 2.05) is 0 Å². The van der Waals surface area contributed by atoms with Crippen LogP contribution in [0.4, 0.5) is 0 Å². The largest absolute Gasteiger partial charge is 0.493 e. The van der Waals surface area contributed by atoms with Crippen LogP contribution in [0.3, 0.4) is 0 Å². The van der Waals surface area contributed by atoms with Gasteiger partial charge in [-0.25, -0.2) is 0 Å². The second-order valence-corrected chi connectivity index (χ2v) is 5.24. The third-order valence-electron chi connectivity index (χ3n) is 3.50. The van der Waals surface area contributed by atoms with Gasteiger partial charge in [-0.2, -0.15) is 0 Å². The van der Waals surface area contributed by atoms with Crippen LogP contribution in [0.2, 0.25) is 0 Å². The quantitative estimate of drug-likeness (QED) is 0.802. The van der Waals surface area contributed by atoms with Crippen LogP contribution in [0.5, 0.6) is 5.75 Å². The predicted molar refractivity (Wildman–Crippen MR) is 63.5 cm³/mol. The molecule has 0 saturated carbocycles. The molecule has 0 unspecified atom stereocenters. The third-order valence-corrected chi connectivity index (χ3v) is 3.50. The lowest BCUT2D eigenvalue weighted by molar-refractivity contribution is 0.102. The molecule has 2 heterocycles. The van der Waals surface area contributed by atoms with Crippen molar-refractivity contribution < 1.29 is 4.74 Å². The number of hydrogen-bond donors (Lipinski definition) is 2. The molecule has 0 spiro atoms. The SMILES string of the molecule is CC1(COc2ccc3c(c2)CNC3)CNC1. The molecule has 2 aliphatic rings. The van der Waals surface area contributed by atoms with E-state index >= 15 is 0 Å². The van der Waals surface area contributed by atoms with Crippen molar-refractivity contribution in [3.05, 3.63) is 29.3 Å². The van der Waals surface area contributed by atoms with Gasteiger partial charge in [0.2, 0.25) is 0 Å². The third kappa shape index (κ3) is 1.81. The van der Waals surface area contributed by atoms with E-state index in [0.717, 1.165) is 38.5 Å². The molecule has 3 nitrogen and oxygen atoms in total. The molecule has 1 saturated heterocycles. The Bertz CT molecular complexity index is 399. The van der Waals surface area contributed by atoms with Crippen LogP contribution in [0, 0.1) is 5.41 Å². The van der Waals surface area contributed by atoms with Crippen LogP contribution >= 0.6 is 0 Å². The lowest BCUT2D eigenvalue weighted by Gasteiger charge is -2.38. The summed E-state index contributed by atoms with van der Waals surface area (Å²) in [5.41, 5.74) is 3.12. The van der Waals surface area contributed by atoms with Gasteiger partial charge in [-0.15, -0.1) is 0 Å². The van der Waals surface area contributed by atoms with Crippen molar-refractivity contribution in [3.8, 4) is 5.75 Å². The van der Waals surface area contributed by atoms with Gasteiger partial charge in [0.15, 0.2) is 0 Å². The molecule has 1 aromatic carbocycles. The minimum Gasteiger partial charge on any atom is -0.493 e. The second kappa shape index (κ2) is 3.75. The van der Waals surface area contributed by atoms with Gasteiger partial charge in [-0.05, 0) is 23.3 Å². The first-order valence-electron chi connectivity index (χ1n) is 5.91. The standard InChI is InChI=1S/C13H18N2O/c1-13(7-15-8-13)9-16-12-3-2-10-5-14-6-11(10)4-12/h2-4,14-15H,5-9H2,1H3. The van der Waals surface area contributed by atoms with Crippen molar-refractivity contribution in [2.75, 3.05) is 19.7 Å². The van der Waals surface area contributed by atoms with E-state index in [2.05, 4.69) is 35.8 Å². The Morgan fingerprint density at radius 2 is 2.00 bits per heavy atom. The molecule has 86 valence electrons. The smallest absolute Gasteiger partial charge is 0.119 e. The van der Waals surface area contributed by atoms with Crippen molar-refractivity contribution in [2.24, 2.45) is 5.41 Å². The van der Waals surface area contributed by atoms with Gasteiger partial charge in [-0.3, -0.25) is 0 Å². The fourth-order valence-corrected chi connectivity index (χ4v) is 2.27. The summed E-state index contributed by atoms with van der Waals surface area (Å²) >= 11 is 0. The average Bonchev–Trinajstić information content (AvgIpc) is 2.70. The highest BCUT2D eigenvalue weighted by Gasteiger charge is 2.32. The van der Waals surface area contributed by atoms with Crippen LogP contribution in [-0.4, -0.2) is 19.7 Å². The molecular formula is C13H18N2O. The summed E-state index contributed by atoms with van der Waals surface area (Å²) in [6.07, 6.45) is 0. The number of fused-ring (bicyclic) bond motifs is 1. The van der Waals surface area contributed by atoms with E-state index in [9.17, 15) is 0 Å². The molecule has 2 N–H and O–H groups in total. The zero-order valence-electron chi connectivity index (χ0n) is 9.68. The lowest BCUT2D eigenvalue weighted by Crippen LogP contribution is -2.54. The topological polar surface area (TPSA) is 33.3 Å². The molecule has 0 atom stereocenters. The van der Waals surface area contributed by atoms with Crippen molar-refractivity contribution in [1.29, 1.82) is 0 Å². The number of hydrogen-bond acceptors (Lipinski definition) is 3. The molecule has 0 bridgehead atoms. The number of rotatable bonds is 3. The zero-order chi connectivity index (χ0) is 11.0. The fourth-order valence-electron chi connectivity index (χ4n) is 2.27. The van der Waals surface area contributed by atoms with E-state index in [1.54, 1.807) is 0 Å². The lowest BCUT2D eigenvalue weighted by atomic mass is 9.85. The zero-order valence-corrected chi connectivity index (χ0v) is 9.68. The van der Waals surface area contributed by atoms with Gasteiger partial charge in [0.25, 0.3) is 0 Å². The molecule has 0 amide bonds. The maximum atomic E-state index is 5.87. The predicted octanol–water partition coefficient (Wildman–Crippen LogP) is 1.28. The molecule has 0 aliphatic carbocycles. The Kier molecular flexibility index (Phi) is 2.37. The summed E-state index contributed by atoms with van der Waals surface area (Å²) in [5.74, 6) is 1.01. The van der Waals surface area contributed by atoms with Gasteiger partial charge >= 0.3 is 0 Å². The molecule has 3 heteroatoms. The van der Waals surface area contributed by atoms with Gasteiger partial charge in [0, 0.05) is 31.6 Å². The van der Waals surface area contributed by atoms with Gasteiger partial charge in [-0.1, -0.05) is 13.0 Å². The Hall–Kier alpha value is -1.06. The molecule has 2 aliphatic heterocycles. The van der Waals surface area contributed by atoms with Crippen molar-refractivity contribution in [1.82, 2.24) is 10.6 Å². The molecule has 1 aromatic rings. The summed E-state index contributed by atoms with van der Waals surface area (Å²) in [7, 11) is 0. The summed E-state index contributed by atoms with van der Waals surface area (Å²) in [6, 6.07) is 6.43. The second-order valence-electron chi connectivity index (χ2n) is 5.24. The first-order chi connectivity index (χ1) is 7.75. The minimum atomic E-state index is 0.331. The molecule has 16 heavy (non-hydrogen) atoms. The minimum absolute atomic E-state index is 0.331. The van der Waals surface area contributed by atoms with E-state index in [4.69, 9.17) is 4.74 Å². The highest BCUT2D eigenvalue weighted by Crippen LogP contribution is 2.25. The van der Waals surface area contributed by atoms with Crippen molar-refractivity contribution in [3.63, 3.8) is 0 Å². The summed E-state index contributed by atoms with van der Waals surface area (Å²) in [4.78, 5) is 0. The molecule has 0 radical (unpaired) electrons. The average molecular weight is 218 g/mol.